The molecule has 3 atom stereocenters. The molecule has 102 valence electrons. The first-order valence-corrected chi connectivity index (χ1v) is 8.01. The molecule has 0 amide bonds. The number of aliphatic hydroxyl groups is 1. The minimum absolute atomic E-state index is 0.0365. The van der Waals surface area contributed by atoms with Crippen LogP contribution < -0.4 is 0 Å². The Bertz CT molecular complexity index is 620. The largest absolute Gasteiger partial charge is 0.395 e. The van der Waals surface area contributed by atoms with Gasteiger partial charge < -0.3 is 5.11 Å². The SMILES string of the molecule is CCS(=O)(=O)C1C(c2ccc(Cl)cc2)C1(C#N)CO. The summed E-state index contributed by atoms with van der Waals surface area (Å²) in [7, 11) is -3.38. The standard InChI is InChI=1S/C13H14ClNO3S/c1-2-19(17,18)12-11(13(12,7-15)8-16)9-3-5-10(14)6-4-9/h3-6,11-12,16H,2,8H2,1H3. The molecule has 2 rings (SSSR count). The van der Waals surface area contributed by atoms with Crippen LogP contribution in [-0.4, -0.2) is 31.1 Å². The maximum absolute atomic E-state index is 12.1. The number of aliphatic hydroxyl groups excluding tert-OH is 1. The minimum Gasteiger partial charge on any atom is -0.395 e. The van der Waals surface area contributed by atoms with Crippen molar-refractivity contribution in [3.05, 3.63) is 34.9 Å². The van der Waals surface area contributed by atoms with Crippen molar-refractivity contribution in [2.24, 2.45) is 5.41 Å². The van der Waals surface area contributed by atoms with Crippen LogP contribution in [0.3, 0.4) is 0 Å². The van der Waals surface area contributed by atoms with Crippen molar-refractivity contribution in [2.45, 2.75) is 18.1 Å². The average molecular weight is 300 g/mol. The topological polar surface area (TPSA) is 78.2 Å². The molecule has 1 fully saturated rings. The lowest BCUT2D eigenvalue weighted by Gasteiger charge is -2.03. The molecule has 3 unspecified atom stereocenters. The van der Waals surface area contributed by atoms with Gasteiger partial charge in [-0.2, -0.15) is 5.26 Å². The molecule has 4 nitrogen and oxygen atoms in total. The number of sulfone groups is 1. The predicted octanol–water partition coefficient (Wildman–Crippen LogP) is 1.74. The highest BCUT2D eigenvalue weighted by Gasteiger charge is 2.71. The normalized spacial score (nSPS) is 29.8. The highest BCUT2D eigenvalue weighted by atomic mass is 35.5. The van der Waals surface area contributed by atoms with Gasteiger partial charge in [-0.15, -0.1) is 0 Å². The summed E-state index contributed by atoms with van der Waals surface area (Å²) in [5, 5.41) is 18.4. The van der Waals surface area contributed by atoms with Crippen LogP contribution in [0.5, 0.6) is 0 Å². The first-order chi connectivity index (χ1) is 8.93. The summed E-state index contributed by atoms with van der Waals surface area (Å²) in [5.41, 5.74) is -0.495. The quantitative estimate of drug-likeness (QED) is 0.918. The molecule has 1 aromatic carbocycles. The van der Waals surface area contributed by atoms with Crippen LogP contribution in [0.15, 0.2) is 24.3 Å². The van der Waals surface area contributed by atoms with Gasteiger partial charge in [-0.05, 0) is 17.7 Å². The number of benzene rings is 1. The van der Waals surface area contributed by atoms with Crippen LogP contribution in [0.1, 0.15) is 18.4 Å². The number of nitriles is 1. The fourth-order valence-electron chi connectivity index (χ4n) is 2.61. The van der Waals surface area contributed by atoms with Crippen LogP contribution in [0.25, 0.3) is 0 Å². The van der Waals surface area contributed by atoms with E-state index in [1.165, 1.54) is 0 Å². The minimum atomic E-state index is -3.38. The van der Waals surface area contributed by atoms with E-state index in [-0.39, 0.29) is 5.75 Å². The zero-order valence-corrected chi connectivity index (χ0v) is 11.9. The molecule has 0 spiro atoms. The maximum Gasteiger partial charge on any atom is 0.155 e. The van der Waals surface area contributed by atoms with Gasteiger partial charge in [0.05, 0.1) is 17.9 Å². The van der Waals surface area contributed by atoms with Crippen LogP contribution in [0, 0.1) is 16.7 Å². The summed E-state index contributed by atoms with van der Waals surface area (Å²) in [6.45, 7) is 1.09. The summed E-state index contributed by atoms with van der Waals surface area (Å²) in [5.74, 6) is -0.518. The van der Waals surface area contributed by atoms with E-state index in [0.29, 0.717) is 5.02 Å². The van der Waals surface area contributed by atoms with Gasteiger partial charge in [0.15, 0.2) is 9.84 Å². The summed E-state index contributed by atoms with van der Waals surface area (Å²) in [6.07, 6.45) is 0. The molecular formula is C13H14ClNO3S. The molecule has 1 aliphatic carbocycles. The summed E-state index contributed by atoms with van der Waals surface area (Å²) in [6, 6.07) is 8.72. The van der Waals surface area contributed by atoms with Crippen molar-refractivity contribution in [3.63, 3.8) is 0 Å². The second-order valence-electron chi connectivity index (χ2n) is 4.71. The molecule has 0 aromatic heterocycles. The molecule has 1 saturated carbocycles. The Kier molecular flexibility index (Phi) is 3.61. The van der Waals surface area contributed by atoms with Crippen molar-refractivity contribution in [3.8, 4) is 6.07 Å². The molecule has 1 N–H and O–H groups in total. The van der Waals surface area contributed by atoms with Crippen molar-refractivity contribution in [1.82, 2.24) is 0 Å². The molecule has 0 bridgehead atoms. The molecule has 0 heterocycles. The maximum atomic E-state index is 12.1. The molecule has 6 heteroatoms. The summed E-state index contributed by atoms with van der Waals surface area (Å²) < 4.78 is 24.1. The lowest BCUT2D eigenvalue weighted by Crippen LogP contribution is -2.19. The first kappa shape index (κ1) is 14.3. The van der Waals surface area contributed by atoms with Crippen molar-refractivity contribution < 1.29 is 13.5 Å². The predicted molar refractivity (Wildman–Crippen MR) is 72.6 cm³/mol. The van der Waals surface area contributed by atoms with Gasteiger partial charge in [-0.1, -0.05) is 30.7 Å². The van der Waals surface area contributed by atoms with Crippen LogP contribution in [-0.2, 0) is 9.84 Å². The third-order valence-electron chi connectivity index (χ3n) is 3.74. The highest BCUT2D eigenvalue weighted by molar-refractivity contribution is 7.92. The van der Waals surface area contributed by atoms with Gasteiger partial charge in [0.1, 0.15) is 5.41 Å². The van der Waals surface area contributed by atoms with E-state index in [1.54, 1.807) is 31.2 Å². The van der Waals surface area contributed by atoms with Crippen molar-refractivity contribution in [1.29, 1.82) is 5.26 Å². The monoisotopic (exact) mass is 299 g/mol. The number of rotatable bonds is 4. The van der Waals surface area contributed by atoms with E-state index in [9.17, 15) is 18.8 Å². The van der Waals surface area contributed by atoms with Crippen molar-refractivity contribution >= 4 is 21.4 Å². The Balaban J connectivity index is 2.46. The van der Waals surface area contributed by atoms with E-state index in [0.717, 1.165) is 5.56 Å². The molecule has 19 heavy (non-hydrogen) atoms. The van der Waals surface area contributed by atoms with E-state index in [2.05, 4.69) is 0 Å². The van der Waals surface area contributed by atoms with Crippen LogP contribution >= 0.6 is 11.6 Å². The van der Waals surface area contributed by atoms with Crippen LogP contribution in [0.2, 0.25) is 5.02 Å². The van der Waals surface area contributed by atoms with E-state index in [1.807, 2.05) is 6.07 Å². The molecule has 0 radical (unpaired) electrons. The molecule has 0 aliphatic heterocycles. The highest BCUT2D eigenvalue weighted by Crippen LogP contribution is 2.62. The third-order valence-corrected chi connectivity index (χ3v) is 6.27. The lowest BCUT2D eigenvalue weighted by molar-refractivity contribution is 0.242. The second kappa shape index (κ2) is 4.78. The van der Waals surface area contributed by atoms with Gasteiger partial charge in [0, 0.05) is 16.7 Å². The molecular weight excluding hydrogens is 286 g/mol. The van der Waals surface area contributed by atoms with Gasteiger partial charge in [0.2, 0.25) is 0 Å². The zero-order chi connectivity index (χ0) is 14.3. The van der Waals surface area contributed by atoms with E-state index in [4.69, 9.17) is 11.6 Å². The molecule has 1 aromatic rings. The van der Waals surface area contributed by atoms with Crippen LogP contribution in [0.4, 0.5) is 0 Å². The Morgan fingerprint density at radius 1 is 1.42 bits per heavy atom. The molecule has 0 saturated heterocycles. The second-order valence-corrected chi connectivity index (χ2v) is 7.56. The number of hydrogen-bond acceptors (Lipinski definition) is 4. The number of nitrogens with zero attached hydrogens (tertiary/aromatic N) is 1. The Hall–Kier alpha value is -1.09. The third kappa shape index (κ3) is 2.14. The number of hydrogen-bond donors (Lipinski definition) is 1. The van der Waals surface area contributed by atoms with Gasteiger partial charge in [-0.3, -0.25) is 0 Å². The smallest absolute Gasteiger partial charge is 0.155 e. The fraction of sp³-hybridized carbons (Fsp3) is 0.462. The first-order valence-electron chi connectivity index (χ1n) is 5.92. The van der Waals surface area contributed by atoms with Gasteiger partial charge in [0.25, 0.3) is 0 Å². The molecule has 1 aliphatic rings. The lowest BCUT2D eigenvalue weighted by atomic mass is 10.0. The fourth-order valence-corrected chi connectivity index (χ4v) is 4.75. The van der Waals surface area contributed by atoms with E-state index < -0.39 is 33.0 Å². The number of halogens is 1. The Morgan fingerprint density at radius 2 is 2.00 bits per heavy atom. The Labute approximate surface area is 117 Å². The average Bonchev–Trinajstić information content (AvgIpc) is 3.10. The van der Waals surface area contributed by atoms with Crippen molar-refractivity contribution in [2.75, 3.05) is 12.4 Å². The summed E-state index contributed by atoms with van der Waals surface area (Å²) in [4.78, 5) is 0. The van der Waals surface area contributed by atoms with E-state index >= 15 is 0 Å². The summed E-state index contributed by atoms with van der Waals surface area (Å²) >= 11 is 5.80. The Morgan fingerprint density at radius 3 is 2.42 bits per heavy atom. The zero-order valence-electron chi connectivity index (χ0n) is 10.4. The van der Waals surface area contributed by atoms with Gasteiger partial charge >= 0.3 is 0 Å². The van der Waals surface area contributed by atoms with Gasteiger partial charge in [-0.25, -0.2) is 8.42 Å².